The van der Waals surface area contributed by atoms with Crippen LogP contribution in [0.15, 0.2) is 24.3 Å². The Labute approximate surface area is 159 Å². The van der Waals surface area contributed by atoms with Crippen molar-refractivity contribution >= 4 is 5.91 Å². The van der Waals surface area contributed by atoms with Crippen LogP contribution in [0, 0.1) is 0 Å². The monoisotopic (exact) mass is 386 g/mol. The lowest BCUT2D eigenvalue weighted by atomic mass is 9.94. The highest BCUT2D eigenvalue weighted by atomic mass is 19.4. The number of likely N-dealkylation sites (tertiary alicyclic amines) is 1. The third-order valence-electron chi connectivity index (χ3n) is 4.68. The highest BCUT2D eigenvalue weighted by Crippen LogP contribution is 2.34. The van der Waals surface area contributed by atoms with Crippen molar-refractivity contribution < 1.29 is 22.7 Å². The molecule has 1 saturated heterocycles. The SMILES string of the molecule is CC(C)OCCCNC(=O)CN1CCCCC1c1ccc(C(F)(F)F)cc1. The molecule has 0 aliphatic carbocycles. The first kappa shape index (κ1) is 21.7. The fraction of sp³-hybridized carbons (Fsp3) is 0.650. The van der Waals surface area contributed by atoms with Gasteiger partial charge >= 0.3 is 6.18 Å². The molecule has 1 amide bonds. The summed E-state index contributed by atoms with van der Waals surface area (Å²) in [5, 5.41) is 2.90. The molecular formula is C20H29F3N2O2. The first-order chi connectivity index (χ1) is 12.8. The zero-order valence-corrected chi connectivity index (χ0v) is 16.0. The van der Waals surface area contributed by atoms with E-state index >= 15 is 0 Å². The fourth-order valence-corrected chi connectivity index (χ4v) is 3.31. The lowest BCUT2D eigenvalue weighted by Gasteiger charge is -2.35. The summed E-state index contributed by atoms with van der Waals surface area (Å²) in [5.41, 5.74) is 0.191. The van der Waals surface area contributed by atoms with Gasteiger partial charge in [0.1, 0.15) is 0 Å². The number of ether oxygens (including phenoxy) is 1. The van der Waals surface area contributed by atoms with E-state index in [4.69, 9.17) is 4.74 Å². The van der Waals surface area contributed by atoms with Gasteiger partial charge in [0.2, 0.25) is 5.91 Å². The predicted octanol–water partition coefficient (Wildman–Crippen LogP) is 4.16. The highest BCUT2D eigenvalue weighted by molar-refractivity contribution is 5.78. The smallest absolute Gasteiger partial charge is 0.379 e. The van der Waals surface area contributed by atoms with E-state index in [2.05, 4.69) is 10.2 Å². The van der Waals surface area contributed by atoms with E-state index in [-0.39, 0.29) is 24.6 Å². The molecule has 0 aromatic heterocycles. The number of nitrogens with zero attached hydrogens (tertiary/aromatic N) is 1. The number of nitrogens with one attached hydrogen (secondary N) is 1. The number of alkyl halides is 3. The Balaban J connectivity index is 1.88. The van der Waals surface area contributed by atoms with Crippen LogP contribution in [-0.2, 0) is 15.7 Å². The number of carbonyl (C=O) groups is 1. The number of amides is 1. The van der Waals surface area contributed by atoms with Gasteiger partial charge in [0.15, 0.2) is 0 Å². The maximum absolute atomic E-state index is 12.8. The maximum atomic E-state index is 12.8. The molecule has 4 nitrogen and oxygen atoms in total. The normalized spacial score (nSPS) is 18.7. The van der Waals surface area contributed by atoms with Crippen molar-refractivity contribution in [2.75, 3.05) is 26.2 Å². The van der Waals surface area contributed by atoms with Gasteiger partial charge in [0, 0.05) is 19.2 Å². The summed E-state index contributed by atoms with van der Waals surface area (Å²) in [6, 6.07) is 5.30. The fourth-order valence-electron chi connectivity index (χ4n) is 3.31. The average Bonchev–Trinajstić information content (AvgIpc) is 2.61. The minimum Gasteiger partial charge on any atom is -0.379 e. The Kier molecular flexibility index (Phi) is 8.10. The van der Waals surface area contributed by atoms with Crippen LogP contribution in [0.25, 0.3) is 0 Å². The molecule has 1 aromatic rings. The van der Waals surface area contributed by atoms with E-state index in [1.165, 1.54) is 12.1 Å². The molecular weight excluding hydrogens is 357 g/mol. The lowest BCUT2D eigenvalue weighted by molar-refractivity contribution is -0.137. The molecule has 1 fully saturated rings. The van der Waals surface area contributed by atoms with Gasteiger partial charge in [-0.15, -0.1) is 0 Å². The summed E-state index contributed by atoms with van der Waals surface area (Å²) < 4.78 is 43.7. The standard InChI is InChI=1S/C20H29F3N2O2/c1-15(2)27-13-5-11-24-19(26)14-25-12-4-3-6-18(25)16-7-9-17(10-8-16)20(21,22)23/h7-10,15,18H,3-6,11-14H2,1-2H3,(H,24,26). The number of rotatable bonds is 8. The van der Waals surface area contributed by atoms with Crippen LogP contribution in [0.2, 0.25) is 0 Å². The van der Waals surface area contributed by atoms with Gasteiger partial charge in [0.25, 0.3) is 0 Å². The van der Waals surface area contributed by atoms with E-state index in [1.807, 2.05) is 13.8 Å². The molecule has 0 saturated carbocycles. The van der Waals surface area contributed by atoms with Crippen LogP contribution in [0.5, 0.6) is 0 Å². The lowest BCUT2D eigenvalue weighted by Crippen LogP contribution is -2.42. The molecule has 1 N–H and O–H groups in total. The van der Waals surface area contributed by atoms with Crippen molar-refractivity contribution in [3.05, 3.63) is 35.4 Å². The quantitative estimate of drug-likeness (QED) is 0.682. The minimum absolute atomic E-state index is 0.0175. The molecule has 7 heteroatoms. The Bertz CT molecular complexity index is 588. The van der Waals surface area contributed by atoms with Gasteiger partial charge in [-0.2, -0.15) is 13.2 Å². The van der Waals surface area contributed by atoms with Crippen molar-refractivity contribution in [1.82, 2.24) is 10.2 Å². The molecule has 152 valence electrons. The van der Waals surface area contributed by atoms with E-state index in [1.54, 1.807) is 0 Å². The van der Waals surface area contributed by atoms with E-state index in [0.29, 0.717) is 13.2 Å². The summed E-state index contributed by atoms with van der Waals surface area (Å²) >= 11 is 0. The van der Waals surface area contributed by atoms with Crippen LogP contribution in [0.3, 0.4) is 0 Å². The Morgan fingerprint density at radius 3 is 2.59 bits per heavy atom. The second-order valence-electron chi connectivity index (χ2n) is 7.22. The largest absolute Gasteiger partial charge is 0.416 e. The second kappa shape index (κ2) is 10.1. The number of carbonyl (C=O) groups excluding carboxylic acids is 1. The molecule has 2 rings (SSSR count). The van der Waals surface area contributed by atoms with E-state index < -0.39 is 11.7 Å². The topological polar surface area (TPSA) is 41.6 Å². The second-order valence-corrected chi connectivity index (χ2v) is 7.22. The van der Waals surface area contributed by atoms with Gasteiger partial charge in [-0.1, -0.05) is 18.6 Å². The minimum atomic E-state index is -4.33. The highest BCUT2D eigenvalue weighted by Gasteiger charge is 2.31. The predicted molar refractivity (Wildman–Crippen MR) is 98.3 cm³/mol. The summed E-state index contributed by atoms with van der Waals surface area (Å²) in [7, 11) is 0. The van der Waals surface area contributed by atoms with Crippen LogP contribution in [0.1, 0.15) is 56.7 Å². The Hall–Kier alpha value is -1.60. The summed E-state index contributed by atoms with van der Waals surface area (Å²) in [6.45, 7) is 6.14. The van der Waals surface area contributed by atoms with Crippen molar-refractivity contribution in [3.63, 3.8) is 0 Å². The van der Waals surface area contributed by atoms with Crippen LogP contribution in [0.4, 0.5) is 13.2 Å². The molecule has 1 heterocycles. The number of piperidine rings is 1. The Morgan fingerprint density at radius 2 is 1.96 bits per heavy atom. The Morgan fingerprint density at radius 1 is 1.26 bits per heavy atom. The number of benzene rings is 1. The zero-order valence-electron chi connectivity index (χ0n) is 16.0. The third-order valence-corrected chi connectivity index (χ3v) is 4.68. The molecule has 1 aliphatic heterocycles. The summed E-state index contributed by atoms with van der Waals surface area (Å²) in [6.07, 6.45) is -0.543. The van der Waals surface area contributed by atoms with Gasteiger partial charge in [-0.3, -0.25) is 9.69 Å². The van der Waals surface area contributed by atoms with Crippen molar-refractivity contribution in [1.29, 1.82) is 0 Å². The molecule has 1 atom stereocenters. The van der Waals surface area contributed by atoms with Crippen molar-refractivity contribution in [3.8, 4) is 0 Å². The van der Waals surface area contributed by atoms with Crippen LogP contribution < -0.4 is 5.32 Å². The van der Waals surface area contributed by atoms with Crippen LogP contribution in [-0.4, -0.2) is 43.2 Å². The van der Waals surface area contributed by atoms with E-state index in [9.17, 15) is 18.0 Å². The molecule has 0 radical (unpaired) electrons. The maximum Gasteiger partial charge on any atom is 0.416 e. The summed E-state index contributed by atoms with van der Waals surface area (Å²) in [4.78, 5) is 14.3. The molecule has 27 heavy (non-hydrogen) atoms. The summed E-state index contributed by atoms with van der Waals surface area (Å²) in [5.74, 6) is -0.0571. The average molecular weight is 386 g/mol. The number of hydrogen-bond acceptors (Lipinski definition) is 3. The molecule has 0 spiro atoms. The zero-order chi connectivity index (χ0) is 19.9. The number of halogens is 3. The van der Waals surface area contributed by atoms with Gasteiger partial charge in [-0.25, -0.2) is 0 Å². The molecule has 1 unspecified atom stereocenters. The van der Waals surface area contributed by atoms with Crippen LogP contribution >= 0.6 is 0 Å². The molecule has 0 bridgehead atoms. The van der Waals surface area contributed by atoms with Gasteiger partial charge < -0.3 is 10.1 Å². The van der Waals surface area contributed by atoms with E-state index in [0.717, 1.165) is 49.9 Å². The van der Waals surface area contributed by atoms with Gasteiger partial charge in [0.05, 0.1) is 18.2 Å². The molecule has 1 aliphatic rings. The first-order valence-electron chi connectivity index (χ1n) is 9.57. The van der Waals surface area contributed by atoms with Crippen molar-refractivity contribution in [2.24, 2.45) is 0 Å². The van der Waals surface area contributed by atoms with Crippen molar-refractivity contribution in [2.45, 2.75) is 57.9 Å². The first-order valence-corrected chi connectivity index (χ1v) is 9.57. The molecule has 1 aromatic carbocycles. The third kappa shape index (κ3) is 7.14. The van der Waals surface area contributed by atoms with Gasteiger partial charge in [-0.05, 0) is 57.4 Å². The number of hydrogen-bond donors (Lipinski definition) is 1.